The van der Waals surface area contributed by atoms with Crippen LogP contribution in [0.3, 0.4) is 0 Å². The molecule has 0 atom stereocenters. The van der Waals surface area contributed by atoms with Crippen LogP contribution in [-0.4, -0.2) is 22.4 Å². The fourth-order valence-corrected chi connectivity index (χ4v) is 4.12. The van der Waals surface area contributed by atoms with Crippen LogP contribution in [0.4, 0.5) is 0 Å². The molecule has 0 saturated carbocycles. The van der Waals surface area contributed by atoms with E-state index in [1.54, 1.807) is 36.2 Å². The molecule has 2 aromatic heterocycles. The number of hydrogen-bond acceptors (Lipinski definition) is 5. The molecule has 0 aliphatic carbocycles. The Labute approximate surface area is 165 Å². The molecule has 0 N–H and O–H groups in total. The topological polar surface area (TPSA) is 61.2 Å². The number of aromatic nitrogens is 2. The fraction of sp³-hybridized carbons (Fsp3) is 0.136. The standard InChI is InChI=1S/C22H18N2O3S/c1-14(25)16-8-9-19(27-2)17(10-16)11-24-13-23-21-20(22(24)26)18(12-28-21)15-6-4-3-5-7-15/h3-10,12-13H,11H2,1-2H3. The zero-order chi connectivity index (χ0) is 19.7. The van der Waals surface area contributed by atoms with Gasteiger partial charge in [0.15, 0.2) is 5.78 Å². The molecule has 0 spiro atoms. The lowest BCUT2D eigenvalue weighted by Gasteiger charge is -2.12. The van der Waals surface area contributed by atoms with E-state index < -0.39 is 0 Å². The minimum absolute atomic E-state index is 0.0333. The van der Waals surface area contributed by atoms with Crippen LogP contribution in [0.15, 0.2) is 65.0 Å². The van der Waals surface area contributed by atoms with E-state index in [0.717, 1.165) is 16.7 Å². The highest BCUT2D eigenvalue weighted by Crippen LogP contribution is 2.30. The first-order chi connectivity index (χ1) is 13.6. The molecule has 4 rings (SSSR count). The number of thiophene rings is 1. The molecule has 140 valence electrons. The first-order valence-corrected chi connectivity index (χ1v) is 9.66. The highest BCUT2D eigenvalue weighted by molar-refractivity contribution is 7.17. The van der Waals surface area contributed by atoms with Gasteiger partial charge in [-0.3, -0.25) is 14.2 Å². The van der Waals surface area contributed by atoms with E-state index in [1.807, 2.05) is 35.7 Å². The van der Waals surface area contributed by atoms with Gasteiger partial charge in [-0.2, -0.15) is 0 Å². The first kappa shape index (κ1) is 18.1. The average Bonchev–Trinajstić information content (AvgIpc) is 3.15. The molecule has 4 aromatic rings. The second kappa shape index (κ2) is 7.40. The monoisotopic (exact) mass is 390 g/mol. The number of nitrogens with zero attached hydrogens (tertiary/aromatic N) is 2. The molecule has 28 heavy (non-hydrogen) atoms. The molecule has 5 nitrogen and oxygen atoms in total. The van der Waals surface area contributed by atoms with E-state index in [4.69, 9.17) is 4.74 Å². The maximum Gasteiger partial charge on any atom is 0.263 e. The second-order valence-corrected chi connectivity index (χ2v) is 7.31. The van der Waals surface area contributed by atoms with Crippen molar-refractivity contribution >= 4 is 27.3 Å². The van der Waals surface area contributed by atoms with Crippen molar-refractivity contribution in [3.63, 3.8) is 0 Å². The van der Waals surface area contributed by atoms with E-state index in [9.17, 15) is 9.59 Å². The van der Waals surface area contributed by atoms with Gasteiger partial charge in [-0.1, -0.05) is 30.3 Å². The lowest BCUT2D eigenvalue weighted by atomic mass is 10.1. The number of Topliss-reactive ketones (excluding diaryl/α,β-unsaturated/α-hetero) is 1. The predicted octanol–water partition coefficient (Wildman–Crippen LogP) is 4.38. The largest absolute Gasteiger partial charge is 0.496 e. The van der Waals surface area contributed by atoms with Crippen LogP contribution in [0, 0.1) is 0 Å². The van der Waals surface area contributed by atoms with E-state index >= 15 is 0 Å². The summed E-state index contributed by atoms with van der Waals surface area (Å²) in [5, 5.41) is 2.58. The number of rotatable bonds is 5. The van der Waals surface area contributed by atoms with E-state index in [1.165, 1.54) is 18.3 Å². The normalized spacial score (nSPS) is 10.9. The van der Waals surface area contributed by atoms with Crippen LogP contribution in [0.5, 0.6) is 5.75 Å². The van der Waals surface area contributed by atoms with Gasteiger partial charge in [0, 0.05) is 22.1 Å². The third-order valence-corrected chi connectivity index (χ3v) is 5.56. The van der Waals surface area contributed by atoms with Gasteiger partial charge in [0.05, 0.1) is 25.4 Å². The van der Waals surface area contributed by atoms with E-state index in [-0.39, 0.29) is 17.9 Å². The molecule has 2 heterocycles. The van der Waals surface area contributed by atoms with Crippen LogP contribution in [0.2, 0.25) is 0 Å². The molecule has 0 aliphatic heterocycles. The lowest BCUT2D eigenvalue weighted by Crippen LogP contribution is -2.21. The smallest absolute Gasteiger partial charge is 0.263 e. The molecule has 0 radical (unpaired) electrons. The van der Waals surface area contributed by atoms with Gasteiger partial charge in [-0.05, 0) is 30.7 Å². The summed E-state index contributed by atoms with van der Waals surface area (Å²) in [4.78, 5) is 30.1. The number of carbonyl (C=O) groups excluding carboxylic acids is 1. The Hall–Kier alpha value is -3.25. The van der Waals surface area contributed by atoms with Gasteiger partial charge in [0.1, 0.15) is 10.6 Å². The fourth-order valence-electron chi connectivity index (χ4n) is 3.22. The number of carbonyl (C=O) groups is 1. The average molecular weight is 390 g/mol. The highest BCUT2D eigenvalue weighted by Gasteiger charge is 2.15. The minimum Gasteiger partial charge on any atom is -0.496 e. The number of ether oxygens (including phenoxy) is 1. The third kappa shape index (κ3) is 3.23. The van der Waals surface area contributed by atoms with Crippen LogP contribution in [0.25, 0.3) is 21.3 Å². The lowest BCUT2D eigenvalue weighted by molar-refractivity contribution is 0.101. The van der Waals surface area contributed by atoms with Crippen molar-refractivity contribution in [2.45, 2.75) is 13.5 Å². The van der Waals surface area contributed by atoms with Gasteiger partial charge in [0.2, 0.25) is 0 Å². The van der Waals surface area contributed by atoms with Gasteiger partial charge >= 0.3 is 0 Å². The minimum atomic E-state index is -0.111. The molecule has 0 fully saturated rings. The van der Waals surface area contributed by atoms with Gasteiger partial charge in [0.25, 0.3) is 5.56 Å². The summed E-state index contributed by atoms with van der Waals surface area (Å²) >= 11 is 1.46. The Morgan fingerprint density at radius 1 is 1.18 bits per heavy atom. The van der Waals surface area contributed by atoms with Crippen molar-refractivity contribution in [2.24, 2.45) is 0 Å². The summed E-state index contributed by atoms with van der Waals surface area (Å²) < 4.78 is 6.97. The summed E-state index contributed by atoms with van der Waals surface area (Å²) in [5.41, 5.74) is 3.10. The van der Waals surface area contributed by atoms with E-state index in [2.05, 4.69) is 4.98 Å². The van der Waals surface area contributed by atoms with Gasteiger partial charge < -0.3 is 4.74 Å². The van der Waals surface area contributed by atoms with Crippen molar-refractivity contribution < 1.29 is 9.53 Å². The maximum absolute atomic E-state index is 13.2. The summed E-state index contributed by atoms with van der Waals surface area (Å²) in [6.45, 7) is 1.79. The Balaban J connectivity index is 1.83. The molecule has 6 heteroatoms. The van der Waals surface area contributed by atoms with Crippen LogP contribution in [0.1, 0.15) is 22.8 Å². The Bertz CT molecular complexity index is 1230. The van der Waals surface area contributed by atoms with Crippen LogP contribution >= 0.6 is 11.3 Å². The maximum atomic E-state index is 13.2. The van der Waals surface area contributed by atoms with Crippen LogP contribution in [-0.2, 0) is 6.54 Å². The summed E-state index contributed by atoms with van der Waals surface area (Å²) in [5.74, 6) is 0.597. The van der Waals surface area contributed by atoms with Gasteiger partial charge in [-0.15, -0.1) is 11.3 Å². The van der Waals surface area contributed by atoms with Crippen molar-refractivity contribution in [2.75, 3.05) is 7.11 Å². The number of methoxy groups -OCH3 is 1. The van der Waals surface area contributed by atoms with Crippen molar-refractivity contribution in [1.82, 2.24) is 9.55 Å². The van der Waals surface area contributed by atoms with Crippen molar-refractivity contribution in [1.29, 1.82) is 0 Å². The molecule has 0 bridgehead atoms. The zero-order valence-corrected chi connectivity index (χ0v) is 16.3. The molecule has 0 saturated heterocycles. The highest BCUT2D eigenvalue weighted by atomic mass is 32.1. The van der Waals surface area contributed by atoms with Gasteiger partial charge in [-0.25, -0.2) is 4.98 Å². The van der Waals surface area contributed by atoms with E-state index in [0.29, 0.717) is 21.5 Å². The Morgan fingerprint density at radius 2 is 1.96 bits per heavy atom. The molecule has 2 aromatic carbocycles. The second-order valence-electron chi connectivity index (χ2n) is 6.46. The van der Waals surface area contributed by atoms with Crippen LogP contribution < -0.4 is 10.3 Å². The molecule has 0 amide bonds. The van der Waals surface area contributed by atoms with Crippen molar-refractivity contribution in [3.05, 3.63) is 81.7 Å². The first-order valence-electron chi connectivity index (χ1n) is 8.78. The SMILES string of the molecule is COc1ccc(C(C)=O)cc1Cn1cnc2scc(-c3ccccc3)c2c1=O. The summed E-state index contributed by atoms with van der Waals surface area (Å²) in [6.07, 6.45) is 1.55. The summed E-state index contributed by atoms with van der Waals surface area (Å²) in [6, 6.07) is 15.1. The number of hydrogen-bond donors (Lipinski definition) is 0. The molecule has 0 aliphatic rings. The predicted molar refractivity (Wildman–Crippen MR) is 111 cm³/mol. The number of ketones is 1. The quantitative estimate of drug-likeness (QED) is 0.474. The molecule has 0 unspecified atom stereocenters. The number of fused-ring (bicyclic) bond motifs is 1. The number of benzene rings is 2. The molecular formula is C22H18N2O3S. The summed E-state index contributed by atoms with van der Waals surface area (Å²) in [7, 11) is 1.57. The third-order valence-electron chi connectivity index (χ3n) is 4.67. The van der Waals surface area contributed by atoms with Crippen molar-refractivity contribution in [3.8, 4) is 16.9 Å². The zero-order valence-electron chi connectivity index (χ0n) is 15.5. The molecular weight excluding hydrogens is 372 g/mol. The Kier molecular flexibility index (Phi) is 4.79. The Morgan fingerprint density at radius 3 is 2.68 bits per heavy atom.